The third-order valence-corrected chi connectivity index (χ3v) is 29.0. The molecule has 14 aromatic heterocycles. The van der Waals surface area contributed by atoms with Crippen molar-refractivity contribution in [3.8, 4) is 103 Å². The van der Waals surface area contributed by atoms with Crippen molar-refractivity contribution < 1.29 is 14.3 Å². The maximum atomic E-state index is 10.7. The first-order valence-corrected chi connectivity index (χ1v) is 37.0. The zero-order chi connectivity index (χ0) is 53.4. The first-order valence-electron chi connectivity index (χ1n) is 23.2. The Morgan fingerprint density at radius 1 is 0.282 bits per heavy atom. The second-order valence-electron chi connectivity index (χ2n) is 16.1. The predicted molar refractivity (Wildman–Crippen MR) is 373 cm³/mol. The molecule has 0 aliphatic carbocycles. The molecule has 78 heavy (non-hydrogen) atoms. The van der Waals surface area contributed by atoms with Gasteiger partial charge in [0.1, 0.15) is 0 Å². The average molecular weight is 1500 g/mol. The number of methoxy groups -OCH3 is 1. The quantitative estimate of drug-likeness (QED) is 0.0853. The highest BCUT2D eigenvalue weighted by Gasteiger charge is 2.14. The van der Waals surface area contributed by atoms with E-state index in [-0.39, 0.29) is 0 Å². The molecule has 0 unspecified atom stereocenters. The second kappa shape index (κ2) is 27.0. The minimum Gasteiger partial charge on any atom is -0.487 e. The molecule has 388 valence electrons. The van der Waals surface area contributed by atoms with Crippen LogP contribution >= 0.6 is 204 Å². The highest BCUT2D eigenvalue weighted by atomic mass is 127. The number of thiophene rings is 14. The van der Waals surface area contributed by atoms with Crippen molar-refractivity contribution in [1.82, 2.24) is 0 Å². The summed E-state index contributed by atoms with van der Waals surface area (Å²) >= 11 is 29.5. The first-order chi connectivity index (χ1) is 38.2. The van der Waals surface area contributed by atoms with Gasteiger partial charge in [-0.05, 0) is 213 Å². The van der Waals surface area contributed by atoms with E-state index in [9.17, 15) is 9.59 Å². The molecule has 0 N–H and O–H groups in total. The molecule has 14 rings (SSSR count). The second-order valence-corrected chi connectivity index (χ2v) is 34.7. The fraction of sp³-hybridized carbons (Fsp3) is 0.0169. The van der Waals surface area contributed by atoms with Crippen LogP contribution in [-0.4, -0.2) is 19.7 Å². The molecular weight excluding hydrogens is 1460 g/mol. The van der Waals surface area contributed by atoms with Gasteiger partial charge in [0.2, 0.25) is 0 Å². The van der Waals surface area contributed by atoms with E-state index in [1.54, 1.807) is 109 Å². The van der Waals surface area contributed by atoms with E-state index in [0.29, 0.717) is 0 Å². The third-order valence-electron chi connectivity index (χ3n) is 11.0. The number of rotatable bonds is 13. The van der Waals surface area contributed by atoms with Gasteiger partial charge in [-0.15, -0.1) is 147 Å². The zero-order valence-corrected chi connectivity index (χ0v) is 56.0. The van der Waals surface area contributed by atoms with Crippen molar-refractivity contribution in [3.05, 3.63) is 202 Å². The Balaban J connectivity index is 0.000000111. The van der Waals surface area contributed by atoms with Crippen molar-refractivity contribution >= 4 is 216 Å². The van der Waals surface area contributed by atoms with Crippen LogP contribution in [0.15, 0.2) is 186 Å². The summed E-state index contributed by atoms with van der Waals surface area (Å²) in [5.41, 5.74) is 0. The molecule has 3 nitrogen and oxygen atoms in total. The molecule has 0 spiro atoms. The topological polar surface area (TPSA) is 43.4 Å². The molecule has 0 saturated heterocycles. The fourth-order valence-corrected chi connectivity index (χ4v) is 22.3. The first kappa shape index (κ1) is 56.3. The van der Waals surface area contributed by atoms with Gasteiger partial charge in [-0.3, -0.25) is 9.59 Å². The smallest absolute Gasteiger partial charge is 0.173 e. The summed E-state index contributed by atoms with van der Waals surface area (Å²) in [5.74, 6) is 0. The SMILES string of the molecule is COc1ccc(-c2ccc(-c3ccc(-c4ccc(I)s4)s3)s2)s1.O=Cc1ccc(-c2ccc(-c3ccc(I)s3)s2)s1.O=Cc1ccc(-c2ccc(-c3cccs3)s2)s1.c1csc(-c2ccc(-c3ccc(-c4cccs4)s3)s2)c1. The van der Waals surface area contributed by atoms with Crippen LogP contribution < -0.4 is 4.74 Å². The Kier molecular flexibility index (Phi) is 19.5. The van der Waals surface area contributed by atoms with Crippen molar-refractivity contribution in [1.29, 1.82) is 0 Å². The predicted octanol–water partition coefficient (Wildman–Crippen LogP) is 25.1. The minimum absolute atomic E-state index is 0.783. The summed E-state index contributed by atoms with van der Waals surface area (Å²) in [6.07, 6.45) is 1.81. The molecule has 0 aliphatic rings. The van der Waals surface area contributed by atoms with E-state index in [4.69, 9.17) is 4.74 Å². The lowest BCUT2D eigenvalue weighted by Gasteiger charge is -1.92. The summed E-state index contributed by atoms with van der Waals surface area (Å²) < 4.78 is 7.92. The van der Waals surface area contributed by atoms with Gasteiger partial charge in [0.15, 0.2) is 17.6 Å². The molecule has 0 saturated carbocycles. The molecule has 0 atom stereocenters. The number of halogens is 2. The monoisotopic (exact) mass is 1490 g/mol. The number of hydrogen-bond donors (Lipinski definition) is 0. The molecule has 19 heteroatoms. The zero-order valence-electron chi connectivity index (χ0n) is 40.2. The van der Waals surface area contributed by atoms with Gasteiger partial charge in [0.25, 0.3) is 0 Å². The van der Waals surface area contributed by atoms with Crippen molar-refractivity contribution in [3.63, 3.8) is 0 Å². The number of ether oxygens (including phenoxy) is 1. The van der Waals surface area contributed by atoms with E-state index in [1.165, 1.54) is 103 Å². The maximum Gasteiger partial charge on any atom is 0.173 e. The molecule has 0 fully saturated rings. The van der Waals surface area contributed by atoms with Crippen LogP contribution in [0, 0.1) is 5.77 Å². The molecule has 0 amide bonds. The van der Waals surface area contributed by atoms with Gasteiger partial charge >= 0.3 is 0 Å². The van der Waals surface area contributed by atoms with Crippen LogP contribution in [0.3, 0.4) is 0 Å². The lowest BCUT2D eigenvalue weighted by atomic mass is 10.3. The van der Waals surface area contributed by atoms with E-state index in [0.717, 1.165) is 27.4 Å². The maximum absolute atomic E-state index is 10.7. The molecule has 0 bridgehead atoms. The van der Waals surface area contributed by atoms with Crippen LogP contribution in [-0.2, 0) is 0 Å². The average Bonchev–Trinajstić information content (AvgIpc) is 4.31. The van der Waals surface area contributed by atoms with E-state index in [1.807, 2.05) is 87.0 Å². The molecule has 14 aromatic rings. The Morgan fingerprint density at radius 2 is 0.526 bits per heavy atom. The summed E-state index contributed by atoms with van der Waals surface area (Å²) in [4.78, 5) is 49.0. The standard InChI is InChI=1S/C17H11IOS4.C16H10S4.C13H7IOS3.C13H8OS3/c1-19-17-9-7-15(23-17)13-5-3-11(21-13)10-2-4-12(20-10)14-6-8-16(18)22-14;1-3-11(17-9-1)13-5-7-15(19-13)16-8-6-14(20-16)12-4-2-10-18-12;14-13-6-5-12(18-13)11-4-3-10(17-11)9-2-1-8(7-15)16-9;14-8-9-3-4-12(16-9)13-6-5-11(17-13)10-2-1-7-15-10/h2-9H,1H3;1-10H;1-7H;1-8H. The summed E-state index contributed by atoms with van der Waals surface area (Å²) in [6.45, 7) is 0. The highest BCUT2D eigenvalue weighted by Crippen LogP contribution is 2.46. The largest absolute Gasteiger partial charge is 0.487 e. The minimum atomic E-state index is 0.783. The number of carbonyl (C=O) groups is 2. The Bertz CT molecular complexity index is 4060. The van der Waals surface area contributed by atoms with Gasteiger partial charge in [0.05, 0.1) is 22.6 Å². The van der Waals surface area contributed by atoms with Gasteiger partial charge in [0, 0.05) is 97.5 Å². The van der Waals surface area contributed by atoms with E-state index < -0.39 is 0 Å². The molecular formula is C59H36I2O3S14. The molecule has 0 aliphatic heterocycles. The number of hydrogen-bond acceptors (Lipinski definition) is 17. The molecule has 14 heterocycles. The van der Waals surface area contributed by atoms with Crippen LogP contribution in [0.4, 0.5) is 0 Å². The fourth-order valence-electron chi connectivity index (χ4n) is 7.43. The van der Waals surface area contributed by atoms with E-state index >= 15 is 0 Å². The van der Waals surface area contributed by atoms with Crippen molar-refractivity contribution in [2.45, 2.75) is 0 Å². The lowest BCUT2D eigenvalue weighted by Crippen LogP contribution is -1.73. The van der Waals surface area contributed by atoms with Crippen LogP contribution in [0.1, 0.15) is 19.3 Å². The Hall–Kier alpha value is -3.60. The molecule has 0 radical (unpaired) electrons. The Morgan fingerprint density at radius 3 is 0.756 bits per heavy atom. The van der Waals surface area contributed by atoms with E-state index in [2.05, 4.69) is 201 Å². The van der Waals surface area contributed by atoms with Gasteiger partial charge in [-0.1, -0.05) is 29.5 Å². The normalized spacial score (nSPS) is 10.9. The summed E-state index contributed by atoms with van der Waals surface area (Å²) in [7, 11) is 1.72. The summed E-state index contributed by atoms with van der Waals surface area (Å²) in [6, 6.07) is 59.8. The third kappa shape index (κ3) is 14.0. The van der Waals surface area contributed by atoms with Gasteiger partial charge in [-0.2, -0.15) is 0 Å². The number of aldehydes is 2. The Labute approximate surface area is 534 Å². The van der Waals surface area contributed by atoms with Crippen molar-refractivity contribution in [2.24, 2.45) is 0 Å². The van der Waals surface area contributed by atoms with Crippen LogP contribution in [0.5, 0.6) is 5.06 Å². The summed E-state index contributed by atoms with van der Waals surface area (Å²) in [5, 5.41) is 7.31. The molecule has 0 aromatic carbocycles. The number of carbonyl (C=O) groups excluding carboxylic acids is 2. The van der Waals surface area contributed by atoms with Crippen LogP contribution in [0.25, 0.3) is 97.5 Å². The van der Waals surface area contributed by atoms with Gasteiger partial charge < -0.3 is 4.74 Å². The van der Waals surface area contributed by atoms with Crippen molar-refractivity contribution in [2.75, 3.05) is 7.11 Å². The lowest BCUT2D eigenvalue weighted by molar-refractivity contribution is 0.111. The van der Waals surface area contributed by atoms with Gasteiger partial charge in [-0.25, -0.2) is 0 Å². The highest BCUT2D eigenvalue weighted by molar-refractivity contribution is 14.1. The van der Waals surface area contributed by atoms with Crippen LogP contribution in [0.2, 0.25) is 0 Å².